The fourth-order valence-electron chi connectivity index (χ4n) is 3.06. The molecule has 0 spiro atoms. The summed E-state index contributed by atoms with van der Waals surface area (Å²) in [6, 6.07) is 14.7. The van der Waals surface area contributed by atoms with Crippen molar-refractivity contribution >= 4 is 28.3 Å². The fourth-order valence-corrected chi connectivity index (χ4v) is 3.06. The third-order valence-electron chi connectivity index (χ3n) is 4.56. The molecule has 1 amide bonds. The van der Waals surface area contributed by atoms with Gasteiger partial charge in [-0.1, -0.05) is 25.1 Å². The lowest BCUT2D eigenvalue weighted by atomic mass is 10.1. The van der Waals surface area contributed by atoms with Crippen LogP contribution >= 0.6 is 0 Å². The van der Waals surface area contributed by atoms with Gasteiger partial charge in [-0.05, 0) is 42.3 Å². The Kier molecular flexibility index (Phi) is 3.80. The van der Waals surface area contributed by atoms with E-state index in [4.69, 9.17) is 0 Å². The van der Waals surface area contributed by atoms with Gasteiger partial charge in [-0.25, -0.2) is 4.98 Å². The van der Waals surface area contributed by atoms with Crippen LogP contribution in [0.2, 0.25) is 0 Å². The summed E-state index contributed by atoms with van der Waals surface area (Å²) in [7, 11) is 1.74. The van der Waals surface area contributed by atoms with E-state index in [1.165, 1.54) is 9.96 Å². The van der Waals surface area contributed by atoms with Crippen LogP contribution < -0.4 is 10.9 Å². The summed E-state index contributed by atoms with van der Waals surface area (Å²) in [5.41, 5.74) is 3.16. The summed E-state index contributed by atoms with van der Waals surface area (Å²) >= 11 is 0. The summed E-state index contributed by atoms with van der Waals surface area (Å²) in [5.74, 6) is -0.275. The van der Waals surface area contributed by atoms with Gasteiger partial charge in [-0.2, -0.15) is 0 Å². The molecule has 0 aliphatic carbocycles. The molecule has 4 rings (SSSR count). The van der Waals surface area contributed by atoms with Crippen LogP contribution in [0.4, 0.5) is 5.69 Å². The van der Waals surface area contributed by atoms with E-state index in [0.29, 0.717) is 28.1 Å². The standard InChI is InChI=1S/C20H18N4O2/c1-3-13-7-9-14(10-8-13)21-19(25)16-12-15-18(23(16)2)22-17-6-4-5-11-24(17)20(15)26/h4-12H,3H2,1-2H3,(H,21,25). The molecule has 0 aliphatic rings. The van der Waals surface area contributed by atoms with Gasteiger partial charge in [0.1, 0.15) is 17.0 Å². The van der Waals surface area contributed by atoms with E-state index in [0.717, 1.165) is 6.42 Å². The number of nitrogens with one attached hydrogen (secondary N) is 1. The molecular weight excluding hydrogens is 328 g/mol. The highest BCUT2D eigenvalue weighted by Gasteiger charge is 2.17. The van der Waals surface area contributed by atoms with E-state index in [-0.39, 0.29) is 11.5 Å². The topological polar surface area (TPSA) is 68.4 Å². The molecule has 3 heterocycles. The van der Waals surface area contributed by atoms with Crippen LogP contribution in [0.5, 0.6) is 0 Å². The lowest BCUT2D eigenvalue weighted by Crippen LogP contribution is -2.16. The number of carbonyl (C=O) groups excluding carboxylic acids is 1. The van der Waals surface area contributed by atoms with Gasteiger partial charge in [0.25, 0.3) is 11.5 Å². The van der Waals surface area contributed by atoms with Crippen LogP contribution in [-0.4, -0.2) is 19.9 Å². The van der Waals surface area contributed by atoms with E-state index in [1.54, 1.807) is 36.0 Å². The zero-order chi connectivity index (χ0) is 18.3. The number of hydrogen-bond donors (Lipinski definition) is 1. The highest BCUT2D eigenvalue weighted by atomic mass is 16.2. The van der Waals surface area contributed by atoms with Crippen molar-refractivity contribution in [3.8, 4) is 0 Å². The van der Waals surface area contributed by atoms with Gasteiger partial charge in [0.2, 0.25) is 0 Å². The van der Waals surface area contributed by atoms with Gasteiger partial charge in [0.15, 0.2) is 0 Å². The third-order valence-corrected chi connectivity index (χ3v) is 4.56. The molecule has 0 saturated carbocycles. The quantitative estimate of drug-likeness (QED) is 0.620. The van der Waals surface area contributed by atoms with Gasteiger partial charge in [-0.15, -0.1) is 0 Å². The van der Waals surface area contributed by atoms with Crippen molar-refractivity contribution < 1.29 is 4.79 Å². The van der Waals surface area contributed by atoms with E-state index in [1.807, 2.05) is 30.3 Å². The molecular formula is C20H18N4O2. The molecule has 0 fully saturated rings. The van der Waals surface area contributed by atoms with Gasteiger partial charge in [-0.3, -0.25) is 14.0 Å². The summed E-state index contributed by atoms with van der Waals surface area (Å²) in [6.07, 6.45) is 2.62. The molecule has 26 heavy (non-hydrogen) atoms. The Labute approximate surface area is 149 Å². The van der Waals surface area contributed by atoms with Crippen LogP contribution in [0.1, 0.15) is 23.0 Å². The van der Waals surface area contributed by atoms with Gasteiger partial charge < -0.3 is 9.88 Å². The van der Waals surface area contributed by atoms with Gasteiger partial charge >= 0.3 is 0 Å². The normalized spacial score (nSPS) is 11.2. The monoisotopic (exact) mass is 346 g/mol. The second-order valence-electron chi connectivity index (χ2n) is 6.18. The van der Waals surface area contributed by atoms with Gasteiger partial charge in [0, 0.05) is 18.9 Å². The Morgan fingerprint density at radius 1 is 1.15 bits per heavy atom. The number of amides is 1. The molecule has 1 aromatic carbocycles. The number of benzene rings is 1. The number of rotatable bonds is 3. The Morgan fingerprint density at radius 2 is 1.92 bits per heavy atom. The fraction of sp³-hybridized carbons (Fsp3) is 0.150. The lowest BCUT2D eigenvalue weighted by molar-refractivity contribution is 0.101. The first-order chi connectivity index (χ1) is 12.6. The first-order valence-electron chi connectivity index (χ1n) is 8.45. The van der Waals surface area contributed by atoms with Crippen LogP contribution in [-0.2, 0) is 13.5 Å². The number of carbonyl (C=O) groups is 1. The van der Waals surface area contributed by atoms with Crippen LogP contribution in [0.3, 0.4) is 0 Å². The molecule has 1 N–H and O–H groups in total. The highest BCUT2D eigenvalue weighted by molar-refractivity contribution is 6.06. The largest absolute Gasteiger partial charge is 0.324 e. The Bertz CT molecular complexity index is 1190. The minimum atomic E-state index is -0.275. The minimum absolute atomic E-state index is 0.187. The minimum Gasteiger partial charge on any atom is -0.324 e. The Morgan fingerprint density at radius 3 is 2.65 bits per heavy atom. The smallest absolute Gasteiger partial charge is 0.272 e. The van der Waals surface area contributed by atoms with Crippen LogP contribution in [0.25, 0.3) is 16.7 Å². The first kappa shape index (κ1) is 16.1. The summed E-state index contributed by atoms with van der Waals surface area (Å²) < 4.78 is 3.13. The zero-order valence-corrected chi connectivity index (χ0v) is 14.6. The third kappa shape index (κ3) is 2.56. The van der Waals surface area contributed by atoms with Crippen molar-refractivity contribution in [3.05, 3.63) is 76.3 Å². The van der Waals surface area contributed by atoms with E-state index < -0.39 is 0 Å². The van der Waals surface area contributed by atoms with E-state index in [2.05, 4.69) is 17.2 Å². The molecule has 3 aromatic heterocycles. The molecule has 4 aromatic rings. The molecule has 0 aliphatic heterocycles. The summed E-state index contributed by atoms with van der Waals surface area (Å²) in [5, 5.41) is 3.30. The molecule has 0 radical (unpaired) electrons. The molecule has 0 bridgehead atoms. The molecule has 6 nitrogen and oxygen atoms in total. The van der Waals surface area contributed by atoms with Crippen molar-refractivity contribution in [2.75, 3.05) is 5.32 Å². The maximum absolute atomic E-state index is 12.7. The zero-order valence-electron chi connectivity index (χ0n) is 14.6. The van der Waals surface area contributed by atoms with Crippen molar-refractivity contribution in [3.63, 3.8) is 0 Å². The first-order valence-corrected chi connectivity index (χ1v) is 8.45. The number of aromatic nitrogens is 3. The number of anilines is 1. The van der Waals surface area contributed by atoms with Crippen molar-refractivity contribution in [2.45, 2.75) is 13.3 Å². The Hall–Kier alpha value is -3.41. The number of hydrogen-bond acceptors (Lipinski definition) is 3. The van der Waals surface area contributed by atoms with Crippen molar-refractivity contribution in [2.24, 2.45) is 7.05 Å². The predicted molar refractivity (Wildman–Crippen MR) is 102 cm³/mol. The summed E-state index contributed by atoms with van der Waals surface area (Å²) in [4.78, 5) is 29.9. The molecule has 6 heteroatoms. The SMILES string of the molecule is CCc1ccc(NC(=O)c2cc3c(=O)n4ccccc4nc3n2C)cc1. The number of aryl methyl sites for hydroxylation is 2. The average molecular weight is 346 g/mol. The van der Waals surface area contributed by atoms with Crippen LogP contribution in [0.15, 0.2) is 59.5 Å². The number of pyridine rings is 1. The number of nitrogens with zero attached hydrogens (tertiary/aromatic N) is 3. The van der Waals surface area contributed by atoms with Crippen molar-refractivity contribution in [1.29, 1.82) is 0 Å². The second kappa shape index (κ2) is 6.15. The molecule has 130 valence electrons. The second-order valence-corrected chi connectivity index (χ2v) is 6.18. The molecule has 0 atom stereocenters. The van der Waals surface area contributed by atoms with Crippen molar-refractivity contribution in [1.82, 2.24) is 14.0 Å². The van der Waals surface area contributed by atoms with E-state index in [9.17, 15) is 9.59 Å². The Balaban J connectivity index is 1.77. The average Bonchev–Trinajstić information content (AvgIpc) is 3.00. The molecule has 0 unspecified atom stereocenters. The maximum atomic E-state index is 12.7. The molecule has 0 saturated heterocycles. The lowest BCUT2D eigenvalue weighted by Gasteiger charge is -2.07. The summed E-state index contributed by atoms with van der Waals surface area (Å²) in [6.45, 7) is 2.08. The van der Waals surface area contributed by atoms with E-state index >= 15 is 0 Å². The van der Waals surface area contributed by atoms with Crippen LogP contribution in [0, 0.1) is 0 Å². The predicted octanol–water partition coefficient (Wildman–Crippen LogP) is 3.00. The number of fused-ring (bicyclic) bond motifs is 2. The highest BCUT2D eigenvalue weighted by Crippen LogP contribution is 2.17. The maximum Gasteiger partial charge on any atom is 0.272 e. The van der Waals surface area contributed by atoms with Gasteiger partial charge in [0.05, 0.1) is 5.39 Å².